The number of hydrogen-bond donors (Lipinski definition) is 0. The highest BCUT2D eigenvalue weighted by Gasteiger charge is 2.36. The van der Waals surface area contributed by atoms with Gasteiger partial charge >= 0.3 is 6.18 Å². The van der Waals surface area contributed by atoms with Gasteiger partial charge in [-0.25, -0.2) is 0 Å². The molecule has 1 saturated heterocycles. The molecule has 1 aliphatic heterocycles. The summed E-state index contributed by atoms with van der Waals surface area (Å²) >= 11 is 1.32. The number of anilines is 1. The molecule has 2 aromatic carbocycles. The number of halogens is 3. The molecule has 7 heteroatoms. The molecule has 0 saturated carbocycles. The summed E-state index contributed by atoms with van der Waals surface area (Å²) in [6.45, 7) is 2.41. The average Bonchev–Trinajstić information content (AvgIpc) is 2.97. The van der Waals surface area contributed by atoms with Crippen LogP contribution in [0.15, 0.2) is 48.5 Å². The van der Waals surface area contributed by atoms with E-state index in [1.807, 2.05) is 6.92 Å². The molecule has 0 radical (unpaired) electrons. The number of carbonyl (C=O) groups is 1. The van der Waals surface area contributed by atoms with Crippen molar-refractivity contribution in [1.82, 2.24) is 0 Å². The molecule has 0 aliphatic carbocycles. The molecule has 25 heavy (non-hydrogen) atoms. The molecular formula is C18H16F3NO2S. The van der Waals surface area contributed by atoms with Crippen LogP contribution < -0.4 is 9.64 Å². The highest BCUT2D eigenvalue weighted by Crippen LogP contribution is 2.43. The molecule has 0 unspecified atom stereocenters. The van der Waals surface area contributed by atoms with Gasteiger partial charge in [-0.15, -0.1) is 11.8 Å². The van der Waals surface area contributed by atoms with Gasteiger partial charge in [0, 0.05) is 5.69 Å². The monoisotopic (exact) mass is 367 g/mol. The molecule has 3 rings (SSSR count). The zero-order valence-electron chi connectivity index (χ0n) is 13.4. The van der Waals surface area contributed by atoms with Crippen LogP contribution in [-0.2, 0) is 11.0 Å². The second-order valence-corrected chi connectivity index (χ2v) is 6.55. The van der Waals surface area contributed by atoms with E-state index in [4.69, 9.17) is 4.74 Å². The first-order chi connectivity index (χ1) is 11.9. The lowest BCUT2D eigenvalue weighted by molar-refractivity contribution is -0.137. The minimum atomic E-state index is -4.41. The summed E-state index contributed by atoms with van der Waals surface area (Å²) in [6, 6.07) is 12.1. The molecule has 132 valence electrons. The van der Waals surface area contributed by atoms with E-state index in [9.17, 15) is 18.0 Å². The summed E-state index contributed by atoms with van der Waals surface area (Å²) in [4.78, 5) is 13.8. The maximum atomic E-state index is 13.0. The van der Waals surface area contributed by atoms with E-state index in [-0.39, 0.29) is 11.7 Å². The van der Waals surface area contributed by atoms with Crippen LogP contribution in [0, 0.1) is 0 Å². The molecule has 1 amide bonds. The fourth-order valence-electron chi connectivity index (χ4n) is 2.69. The van der Waals surface area contributed by atoms with E-state index in [0.29, 0.717) is 23.6 Å². The van der Waals surface area contributed by atoms with Crippen LogP contribution in [0.5, 0.6) is 5.75 Å². The van der Waals surface area contributed by atoms with Crippen LogP contribution in [0.2, 0.25) is 0 Å². The Morgan fingerprint density at radius 3 is 2.56 bits per heavy atom. The summed E-state index contributed by atoms with van der Waals surface area (Å²) in [6.07, 6.45) is -4.41. The number of carbonyl (C=O) groups excluding carboxylic acids is 1. The number of alkyl halides is 3. The number of hydrogen-bond acceptors (Lipinski definition) is 3. The first-order valence-corrected chi connectivity index (χ1v) is 8.78. The summed E-state index contributed by atoms with van der Waals surface area (Å²) in [5.74, 6) is 0.784. The van der Waals surface area contributed by atoms with Gasteiger partial charge in [0.05, 0.1) is 17.9 Å². The molecule has 0 N–H and O–H groups in total. The largest absolute Gasteiger partial charge is 0.494 e. The maximum Gasteiger partial charge on any atom is 0.416 e. The molecule has 3 nitrogen and oxygen atoms in total. The molecule has 1 atom stereocenters. The molecule has 1 heterocycles. The Bertz CT molecular complexity index is 762. The van der Waals surface area contributed by atoms with Crippen LogP contribution in [-0.4, -0.2) is 18.3 Å². The van der Waals surface area contributed by atoms with Gasteiger partial charge < -0.3 is 4.74 Å². The SMILES string of the molecule is CCOc1ccc(N2C(=O)CS[C@H]2c2cccc(C(F)(F)F)c2)cc1. The number of rotatable bonds is 4. The highest BCUT2D eigenvalue weighted by molar-refractivity contribution is 8.00. The van der Waals surface area contributed by atoms with Gasteiger partial charge in [-0.1, -0.05) is 12.1 Å². The molecular weight excluding hydrogens is 351 g/mol. The third-order valence-electron chi connectivity index (χ3n) is 3.79. The number of thioether (sulfide) groups is 1. The number of benzene rings is 2. The smallest absolute Gasteiger partial charge is 0.416 e. The van der Waals surface area contributed by atoms with Crippen LogP contribution in [0.3, 0.4) is 0 Å². The number of nitrogens with zero attached hydrogens (tertiary/aromatic N) is 1. The van der Waals surface area contributed by atoms with Crippen molar-refractivity contribution >= 4 is 23.4 Å². The molecule has 0 aromatic heterocycles. The Labute approximate surface area is 147 Å². The lowest BCUT2D eigenvalue weighted by atomic mass is 10.1. The molecule has 1 fully saturated rings. The Balaban J connectivity index is 1.92. The van der Waals surface area contributed by atoms with Gasteiger partial charge in [0.15, 0.2) is 0 Å². The predicted octanol–water partition coefficient (Wildman–Crippen LogP) is 4.88. The van der Waals surface area contributed by atoms with Crippen molar-refractivity contribution in [2.45, 2.75) is 18.5 Å². The van der Waals surface area contributed by atoms with Crippen LogP contribution in [0.25, 0.3) is 0 Å². The second-order valence-electron chi connectivity index (χ2n) is 5.48. The minimum absolute atomic E-state index is 0.128. The van der Waals surface area contributed by atoms with Crippen molar-refractivity contribution in [2.75, 3.05) is 17.3 Å². The first-order valence-electron chi connectivity index (χ1n) is 7.74. The summed E-state index contributed by atoms with van der Waals surface area (Å²) < 4.78 is 44.3. The van der Waals surface area contributed by atoms with Crippen molar-refractivity contribution in [1.29, 1.82) is 0 Å². The van der Waals surface area contributed by atoms with Crippen LogP contribution in [0.4, 0.5) is 18.9 Å². The van der Waals surface area contributed by atoms with E-state index in [1.54, 1.807) is 30.3 Å². The van der Waals surface area contributed by atoms with Crippen molar-refractivity contribution in [3.05, 3.63) is 59.7 Å². The predicted molar refractivity (Wildman–Crippen MR) is 91.7 cm³/mol. The van der Waals surface area contributed by atoms with Gasteiger partial charge in [0.1, 0.15) is 11.1 Å². The fraction of sp³-hybridized carbons (Fsp3) is 0.278. The maximum absolute atomic E-state index is 13.0. The fourth-order valence-corrected chi connectivity index (χ4v) is 3.85. The van der Waals surface area contributed by atoms with Crippen LogP contribution >= 0.6 is 11.8 Å². The normalized spacial score (nSPS) is 17.8. The van der Waals surface area contributed by atoms with E-state index >= 15 is 0 Å². The quantitative estimate of drug-likeness (QED) is 0.771. The summed E-state index contributed by atoms with van der Waals surface area (Å²) in [7, 11) is 0. The zero-order valence-corrected chi connectivity index (χ0v) is 14.2. The van der Waals surface area contributed by atoms with Crippen LogP contribution in [0.1, 0.15) is 23.4 Å². The topological polar surface area (TPSA) is 29.5 Å². The third kappa shape index (κ3) is 3.76. The lowest BCUT2D eigenvalue weighted by Gasteiger charge is -2.25. The summed E-state index contributed by atoms with van der Waals surface area (Å²) in [5, 5.41) is -0.479. The molecule has 0 spiro atoms. The Kier molecular flexibility index (Phi) is 4.94. The average molecular weight is 367 g/mol. The molecule has 2 aromatic rings. The van der Waals surface area contributed by atoms with Gasteiger partial charge in [-0.05, 0) is 48.9 Å². The van der Waals surface area contributed by atoms with Crippen molar-refractivity contribution < 1.29 is 22.7 Å². The van der Waals surface area contributed by atoms with E-state index in [2.05, 4.69) is 0 Å². The molecule has 0 bridgehead atoms. The van der Waals surface area contributed by atoms with Gasteiger partial charge in [0.25, 0.3) is 0 Å². The van der Waals surface area contributed by atoms with Gasteiger partial charge in [0.2, 0.25) is 5.91 Å². The van der Waals surface area contributed by atoms with Crippen molar-refractivity contribution in [3.8, 4) is 5.75 Å². The Hall–Kier alpha value is -2.15. The first kappa shape index (κ1) is 17.7. The van der Waals surface area contributed by atoms with Gasteiger partial charge in [-0.3, -0.25) is 9.69 Å². The highest BCUT2D eigenvalue weighted by atomic mass is 32.2. The van der Waals surface area contributed by atoms with E-state index in [1.165, 1.54) is 22.7 Å². The van der Waals surface area contributed by atoms with Crippen molar-refractivity contribution in [2.24, 2.45) is 0 Å². The second kappa shape index (κ2) is 7.00. The van der Waals surface area contributed by atoms with E-state index in [0.717, 1.165) is 12.1 Å². The molecule has 1 aliphatic rings. The third-order valence-corrected chi connectivity index (χ3v) is 5.01. The number of amides is 1. The van der Waals surface area contributed by atoms with Crippen molar-refractivity contribution in [3.63, 3.8) is 0 Å². The zero-order chi connectivity index (χ0) is 18.0. The van der Waals surface area contributed by atoms with E-state index < -0.39 is 17.1 Å². The summed E-state index contributed by atoms with van der Waals surface area (Å²) in [5.41, 5.74) is 0.386. The minimum Gasteiger partial charge on any atom is -0.494 e. The van der Waals surface area contributed by atoms with Gasteiger partial charge in [-0.2, -0.15) is 13.2 Å². The Morgan fingerprint density at radius 2 is 1.92 bits per heavy atom. The Morgan fingerprint density at radius 1 is 1.20 bits per heavy atom. The standard InChI is InChI=1S/C18H16F3NO2S/c1-2-24-15-8-6-14(7-9-15)22-16(23)11-25-17(22)12-4-3-5-13(10-12)18(19,20)21/h3-10,17H,2,11H2,1H3/t17-/m0/s1. The lowest BCUT2D eigenvalue weighted by Crippen LogP contribution is -2.27. The number of ether oxygens (including phenoxy) is 1.